The molecule has 5 aliphatic rings. The predicted molar refractivity (Wildman–Crippen MR) is 116 cm³/mol. The van der Waals surface area contributed by atoms with Gasteiger partial charge in [-0.1, -0.05) is 36.4 Å². The number of halogens is 1. The van der Waals surface area contributed by atoms with Crippen LogP contribution in [0, 0.1) is 35.5 Å². The Labute approximate surface area is 191 Å². The predicted octanol–water partition coefficient (Wildman–Crippen LogP) is 3.82. The number of carbonyl (C=O) groups is 3. The zero-order valence-electron chi connectivity index (χ0n) is 17.9. The summed E-state index contributed by atoms with van der Waals surface area (Å²) in [4.78, 5) is 38.8. The van der Waals surface area contributed by atoms with Gasteiger partial charge in [0, 0.05) is 11.8 Å². The van der Waals surface area contributed by atoms with Gasteiger partial charge in [0.2, 0.25) is 0 Å². The third-order valence-corrected chi connectivity index (χ3v) is 10.2. The van der Waals surface area contributed by atoms with Crippen LogP contribution in [-0.2, 0) is 28.6 Å². The Hall–Kier alpha value is -0.860. The van der Waals surface area contributed by atoms with E-state index in [4.69, 9.17) is 14.2 Å². The van der Waals surface area contributed by atoms with Crippen LogP contribution in [0.15, 0.2) is 0 Å². The summed E-state index contributed by atoms with van der Waals surface area (Å²) in [5.74, 6) is -1.01. The van der Waals surface area contributed by atoms with Gasteiger partial charge in [0.15, 0.2) is 0 Å². The standard InChI is InChI=1S/C23H31IO6/c1-4-22(3,24)21(27)29-18-14-9-13-15(19(25)28-17(13)18)16(14)20(26)30-23(5-2)10-11-6-7-12(23)8-11/h11-18H,4-10H2,1-3H3. The van der Waals surface area contributed by atoms with Crippen LogP contribution in [0.3, 0.4) is 0 Å². The fourth-order valence-corrected chi connectivity index (χ4v) is 7.28. The van der Waals surface area contributed by atoms with Gasteiger partial charge >= 0.3 is 17.9 Å². The number of esters is 3. The van der Waals surface area contributed by atoms with E-state index in [-0.39, 0.29) is 35.3 Å². The van der Waals surface area contributed by atoms with Gasteiger partial charge in [-0.3, -0.25) is 14.4 Å². The molecule has 0 aromatic rings. The summed E-state index contributed by atoms with van der Waals surface area (Å²) in [5.41, 5.74) is -0.376. The monoisotopic (exact) mass is 530 g/mol. The van der Waals surface area contributed by atoms with Gasteiger partial charge < -0.3 is 14.2 Å². The van der Waals surface area contributed by atoms with Crippen molar-refractivity contribution in [1.29, 1.82) is 0 Å². The first-order valence-corrected chi connectivity index (χ1v) is 12.6. The van der Waals surface area contributed by atoms with Crippen LogP contribution in [0.5, 0.6) is 0 Å². The van der Waals surface area contributed by atoms with Crippen LogP contribution < -0.4 is 0 Å². The van der Waals surface area contributed by atoms with E-state index in [2.05, 4.69) is 29.5 Å². The lowest BCUT2D eigenvalue weighted by Crippen LogP contribution is -2.48. The molecule has 4 bridgehead atoms. The molecule has 5 fully saturated rings. The summed E-state index contributed by atoms with van der Waals surface area (Å²) >= 11 is 2.11. The molecule has 4 saturated carbocycles. The molecule has 4 aliphatic carbocycles. The molecule has 1 heterocycles. The van der Waals surface area contributed by atoms with E-state index in [0.717, 1.165) is 25.7 Å². The van der Waals surface area contributed by atoms with Crippen LogP contribution in [0.4, 0.5) is 0 Å². The Morgan fingerprint density at radius 2 is 2.00 bits per heavy atom. The number of fused-ring (bicyclic) bond motifs is 3. The van der Waals surface area contributed by atoms with E-state index in [1.165, 1.54) is 6.42 Å². The third-order valence-electron chi connectivity index (χ3n) is 8.97. The minimum Gasteiger partial charge on any atom is -0.459 e. The molecule has 7 heteroatoms. The number of ether oxygens (including phenoxy) is 3. The Bertz CT molecular complexity index is 780. The topological polar surface area (TPSA) is 78.9 Å². The second-order valence-electron chi connectivity index (χ2n) is 10.4. The van der Waals surface area contributed by atoms with Crippen molar-refractivity contribution >= 4 is 40.5 Å². The van der Waals surface area contributed by atoms with E-state index >= 15 is 0 Å². The lowest BCUT2D eigenvalue weighted by Gasteiger charge is -2.39. The van der Waals surface area contributed by atoms with E-state index in [0.29, 0.717) is 24.7 Å². The van der Waals surface area contributed by atoms with Crippen LogP contribution >= 0.6 is 22.6 Å². The van der Waals surface area contributed by atoms with Gasteiger partial charge in [-0.25, -0.2) is 0 Å². The molecule has 30 heavy (non-hydrogen) atoms. The summed E-state index contributed by atoms with van der Waals surface area (Å²) in [7, 11) is 0. The van der Waals surface area contributed by atoms with Crippen molar-refractivity contribution in [3.63, 3.8) is 0 Å². The lowest BCUT2D eigenvalue weighted by atomic mass is 9.77. The molecule has 0 N–H and O–H groups in total. The van der Waals surface area contributed by atoms with E-state index < -0.39 is 27.5 Å². The maximum absolute atomic E-state index is 13.5. The summed E-state index contributed by atoms with van der Waals surface area (Å²) in [6.45, 7) is 5.89. The highest BCUT2D eigenvalue weighted by Gasteiger charge is 2.71. The summed E-state index contributed by atoms with van der Waals surface area (Å²) in [6, 6.07) is 0. The Kier molecular flexibility index (Phi) is 4.95. The molecule has 0 spiro atoms. The molecular weight excluding hydrogens is 499 g/mol. The van der Waals surface area contributed by atoms with Gasteiger partial charge in [0.1, 0.15) is 21.2 Å². The second kappa shape index (κ2) is 7.07. The maximum Gasteiger partial charge on any atom is 0.322 e. The van der Waals surface area contributed by atoms with Crippen LogP contribution in [0.2, 0.25) is 0 Å². The zero-order valence-corrected chi connectivity index (χ0v) is 20.1. The van der Waals surface area contributed by atoms with E-state index in [1.807, 2.05) is 13.8 Å². The second-order valence-corrected chi connectivity index (χ2v) is 12.7. The first-order chi connectivity index (χ1) is 14.2. The molecule has 0 radical (unpaired) electrons. The average Bonchev–Trinajstić information content (AvgIpc) is 3.49. The minimum atomic E-state index is -0.632. The normalized spacial score (nSPS) is 47.3. The van der Waals surface area contributed by atoms with Crippen molar-refractivity contribution in [3.8, 4) is 0 Å². The van der Waals surface area contributed by atoms with Crippen molar-refractivity contribution in [3.05, 3.63) is 0 Å². The first-order valence-electron chi connectivity index (χ1n) is 11.5. The van der Waals surface area contributed by atoms with Crippen LogP contribution in [-0.4, -0.2) is 39.1 Å². The van der Waals surface area contributed by atoms with Crippen molar-refractivity contribution in [2.45, 2.75) is 86.9 Å². The molecule has 10 unspecified atom stereocenters. The maximum atomic E-state index is 13.5. The fraction of sp³-hybridized carbons (Fsp3) is 0.870. The van der Waals surface area contributed by atoms with Gasteiger partial charge in [-0.05, 0) is 63.7 Å². The van der Waals surface area contributed by atoms with Crippen molar-refractivity contribution < 1.29 is 28.6 Å². The Balaban J connectivity index is 1.37. The number of rotatable bonds is 6. The van der Waals surface area contributed by atoms with Gasteiger partial charge in [-0.2, -0.15) is 0 Å². The molecule has 1 aliphatic heterocycles. The van der Waals surface area contributed by atoms with Crippen LogP contribution in [0.25, 0.3) is 0 Å². The molecule has 1 saturated heterocycles. The van der Waals surface area contributed by atoms with E-state index in [1.54, 1.807) is 0 Å². The van der Waals surface area contributed by atoms with Crippen molar-refractivity contribution in [1.82, 2.24) is 0 Å². The SMILES string of the molecule is CCC(C)(I)C(=O)OC1C2CC3C1OC(=O)C3C2C(=O)OC1(CC)CC2CCC1C2. The first kappa shape index (κ1) is 21.0. The van der Waals surface area contributed by atoms with Crippen molar-refractivity contribution in [2.75, 3.05) is 0 Å². The van der Waals surface area contributed by atoms with E-state index in [9.17, 15) is 14.4 Å². The highest BCUT2D eigenvalue weighted by atomic mass is 127. The molecule has 0 aromatic heterocycles. The van der Waals surface area contributed by atoms with Gasteiger partial charge in [0.05, 0.1) is 11.8 Å². The largest absolute Gasteiger partial charge is 0.459 e. The minimum absolute atomic E-state index is 0.0439. The molecule has 5 rings (SSSR count). The number of hydrogen-bond acceptors (Lipinski definition) is 6. The Morgan fingerprint density at radius 3 is 2.60 bits per heavy atom. The fourth-order valence-electron chi connectivity index (χ4n) is 7.15. The smallest absolute Gasteiger partial charge is 0.322 e. The Morgan fingerprint density at radius 1 is 1.23 bits per heavy atom. The van der Waals surface area contributed by atoms with Gasteiger partial charge in [-0.15, -0.1) is 0 Å². The molecule has 0 amide bonds. The third kappa shape index (κ3) is 2.89. The molecule has 10 atom stereocenters. The number of carbonyl (C=O) groups excluding carboxylic acids is 3. The average molecular weight is 530 g/mol. The number of alkyl halides is 1. The highest BCUT2D eigenvalue weighted by molar-refractivity contribution is 14.1. The highest BCUT2D eigenvalue weighted by Crippen LogP contribution is 2.60. The quantitative estimate of drug-likeness (QED) is 0.225. The molecular formula is C23H31IO6. The molecule has 166 valence electrons. The number of hydrogen-bond donors (Lipinski definition) is 0. The summed E-state index contributed by atoms with van der Waals surface area (Å²) in [5, 5.41) is 0. The molecule has 0 aromatic carbocycles. The zero-order chi connectivity index (χ0) is 21.4. The van der Waals surface area contributed by atoms with Crippen molar-refractivity contribution in [2.24, 2.45) is 35.5 Å². The summed E-state index contributed by atoms with van der Waals surface area (Å²) in [6.07, 6.45) is 5.66. The van der Waals surface area contributed by atoms with Gasteiger partial charge in [0.25, 0.3) is 0 Å². The lowest BCUT2D eigenvalue weighted by molar-refractivity contribution is -0.180. The summed E-state index contributed by atoms with van der Waals surface area (Å²) < 4.78 is 17.2. The van der Waals surface area contributed by atoms with Crippen LogP contribution in [0.1, 0.15) is 65.7 Å². The molecule has 6 nitrogen and oxygen atoms in total.